The van der Waals surface area contributed by atoms with Crippen molar-refractivity contribution in [3.05, 3.63) is 18.2 Å². The quantitative estimate of drug-likeness (QED) is 0.649. The molecule has 1 aromatic carbocycles. The zero-order valence-electron chi connectivity index (χ0n) is 9.62. The Balaban J connectivity index is 3.02. The average Bonchev–Trinajstić information content (AvgIpc) is 2.24. The molecule has 11 heteroatoms. The van der Waals surface area contributed by atoms with Crippen LogP contribution >= 0.6 is 0 Å². The topological polar surface area (TPSA) is 95.4 Å². The van der Waals surface area contributed by atoms with Crippen molar-refractivity contribution >= 4 is 15.7 Å². The molecule has 0 unspecified atom stereocenters. The smallest absolute Gasteiger partial charge is 0.456 e. The lowest BCUT2D eigenvalue weighted by Crippen LogP contribution is -2.41. The summed E-state index contributed by atoms with van der Waals surface area (Å²) in [5.41, 5.74) is 4.65. The molecule has 0 radical (unpaired) electrons. The lowest BCUT2D eigenvalue weighted by Gasteiger charge is -2.20. The highest BCUT2D eigenvalue weighted by Gasteiger charge is 2.58. The lowest BCUT2D eigenvalue weighted by atomic mass is 10.3. The summed E-state index contributed by atoms with van der Waals surface area (Å²) in [6.07, 6.45) is -5.79. The largest absolute Gasteiger partial charge is 0.485 e. The van der Waals surface area contributed by atoms with Crippen molar-refractivity contribution in [3.63, 3.8) is 0 Å². The molecular formula is C9H9F5N2O3S. The average molecular weight is 320 g/mol. The van der Waals surface area contributed by atoms with Gasteiger partial charge in [-0.25, -0.2) is 13.6 Å². The first kappa shape index (κ1) is 16.4. The molecule has 4 N–H and O–H groups in total. The van der Waals surface area contributed by atoms with Crippen molar-refractivity contribution in [1.82, 2.24) is 0 Å². The number of rotatable bonds is 4. The van der Waals surface area contributed by atoms with E-state index in [1.807, 2.05) is 0 Å². The number of hydrogen-bond acceptors (Lipinski definition) is 4. The standard InChI is InChI=1S/C9H9F5N2O3S/c10-8(11,9(12,13)14)4-19-5-2-1-3-6(7(5)15)20(16,17)18/h1-3H,4,15H2,(H2,16,17,18). The Morgan fingerprint density at radius 1 is 1.15 bits per heavy atom. The molecule has 0 aliphatic rings. The van der Waals surface area contributed by atoms with Crippen molar-refractivity contribution in [2.75, 3.05) is 12.3 Å². The van der Waals surface area contributed by atoms with Gasteiger partial charge in [0.25, 0.3) is 0 Å². The zero-order chi connectivity index (χ0) is 15.8. The van der Waals surface area contributed by atoms with Gasteiger partial charge >= 0.3 is 12.1 Å². The fourth-order valence-electron chi connectivity index (χ4n) is 1.15. The Hall–Kier alpha value is -1.62. The number of hydrogen-bond donors (Lipinski definition) is 2. The summed E-state index contributed by atoms with van der Waals surface area (Å²) >= 11 is 0. The van der Waals surface area contributed by atoms with Crippen molar-refractivity contribution in [1.29, 1.82) is 0 Å². The summed E-state index contributed by atoms with van der Waals surface area (Å²) in [7, 11) is -4.25. The highest BCUT2D eigenvalue weighted by molar-refractivity contribution is 7.89. The van der Waals surface area contributed by atoms with E-state index in [4.69, 9.17) is 10.9 Å². The number of nitrogens with two attached hydrogens (primary N) is 2. The monoisotopic (exact) mass is 320 g/mol. The fourth-order valence-corrected chi connectivity index (χ4v) is 1.82. The molecule has 0 aliphatic carbocycles. The van der Waals surface area contributed by atoms with E-state index in [2.05, 4.69) is 4.74 Å². The Morgan fingerprint density at radius 2 is 1.70 bits per heavy atom. The second-order valence-corrected chi connectivity index (χ2v) is 5.23. The van der Waals surface area contributed by atoms with Crippen LogP contribution in [0.4, 0.5) is 27.6 Å². The van der Waals surface area contributed by atoms with Crippen molar-refractivity contribution < 1.29 is 35.1 Å². The second kappa shape index (κ2) is 5.05. The number of anilines is 1. The number of sulfonamides is 1. The third-order valence-corrected chi connectivity index (χ3v) is 3.13. The zero-order valence-corrected chi connectivity index (χ0v) is 10.4. The molecule has 0 amide bonds. The van der Waals surface area contributed by atoms with E-state index in [-0.39, 0.29) is 0 Å². The van der Waals surface area contributed by atoms with Gasteiger partial charge in [0.05, 0.1) is 5.69 Å². The van der Waals surface area contributed by atoms with Crippen molar-refractivity contribution in [2.24, 2.45) is 5.14 Å². The summed E-state index contributed by atoms with van der Waals surface area (Å²) in [6, 6.07) is 2.94. The van der Waals surface area contributed by atoms with Crippen LogP contribution in [0.15, 0.2) is 23.1 Å². The number of halogens is 5. The summed E-state index contributed by atoms with van der Waals surface area (Å²) < 4.78 is 87.5. The van der Waals surface area contributed by atoms with Gasteiger partial charge in [-0.1, -0.05) is 6.07 Å². The highest BCUT2D eigenvalue weighted by Crippen LogP contribution is 2.37. The minimum absolute atomic E-state index is 0.634. The molecule has 0 aliphatic heterocycles. The normalized spacial score (nSPS) is 13.3. The minimum Gasteiger partial charge on any atom is -0.485 e. The van der Waals surface area contributed by atoms with Gasteiger partial charge in [0.1, 0.15) is 10.6 Å². The Labute approximate surface area is 110 Å². The number of para-hydroxylation sites is 1. The summed E-state index contributed by atoms with van der Waals surface area (Å²) in [5.74, 6) is -5.74. The van der Waals surface area contributed by atoms with E-state index in [0.717, 1.165) is 18.2 Å². The molecular weight excluding hydrogens is 311 g/mol. The van der Waals surface area contributed by atoms with Gasteiger partial charge in [0.2, 0.25) is 10.0 Å². The Kier molecular flexibility index (Phi) is 4.15. The fraction of sp³-hybridized carbons (Fsp3) is 0.333. The van der Waals surface area contributed by atoms with Gasteiger partial charge in [-0.3, -0.25) is 0 Å². The van der Waals surface area contributed by atoms with Crippen LogP contribution in [-0.2, 0) is 10.0 Å². The van der Waals surface area contributed by atoms with Crippen LogP contribution in [0.25, 0.3) is 0 Å². The van der Waals surface area contributed by atoms with Gasteiger partial charge in [0, 0.05) is 0 Å². The Bertz CT molecular complexity index is 600. The molecule has 0 fully saturated rings. The number of ether oxygens (including phenoxy) is 1. The molecule has 1 aromatic rings. The maximum absolute atomic E-state index is 12.6. The summed E-state index contributed by atoms with van der Waals surface area (Å²) in [6.45, 7) is -2.03. The van der Waals surface area contributed by atoms with Gasteiger partial charge in [-0.05, 0) is 12.1 Å². The maximum atomic E-state index is 12.6. The predicted octanol–water partition coefficient (Wildman–Crippen LogP) is 1.49. The maximum Gasteiger partial charge on any atom is 0.456 e. The van der Waals surface area contributed by atoms with Crippen LogP contribution < -0.4 is 15.6 Å². The van der Waals surface area contributed by atoms with Crippen LogP contribution in [0.5, 0.6) is 5.75 Å². The third-order valence-electron chi connectivity index (χ3n) is 2.16. The first-order chi connectivity index (χ1) is 8.86. The number of alkyl halides is 5. The molecule has 0 atom stereocenters. The molecule has 0 heterocycles. The van der Waals surface area contributed by atoms with E-state index in [1.165, 1.54) is 0 Å². The van der Waals surface area contributed by atoms with E-state index in [0.29, 0.717) is 0 Å². The molecule has 0 aromatic heterocycles. The van der Waals surface area contributed by atoms with Gasteiger partial charge in [-0.15, -0.1) is 0 Å². The van der Waals surface area contributed by atoms with Crippen LogP contribution in [0.1, 0.15) is 0 Å². The number of benzene rings is 1. The van der Waals surface area contributed by atoms with E-state index in [9.17, 15) is 30.4 Å². The van der Waals surface area contributed by atoms with E-state index in [1.54, 1.807) is 0 Å². The Morgan fingerprint density at radius 3 is 2.15 bits per heavy atom. The van der Waals surface area contributed by atoms with Crippen molar-refractivity contribution in [3.8, 4) is 5.75 Å². The second-order valence-electron chi connectivity index (χ2n) is 3.70. The molecule has 114 valence electrons. The molecule has 20 heavy (non-hydrogen) atoms. The minimum atomic E-state index is -5.79. The molecule has 0 saturated carbocycles. The van der Waals surface area contributed by atoms with Gasteiger partial charge < -0.3 is 10.5 Å². The van der Waals surface area contributed by atoms with E-state index < -0.39 is 45.1 Å². The number of nitrogen functional groups attached to an aromatic ring is 1. The van der Waals surface area contributed by atoms with Crippen LogP contribution in [0, 0.1) is 0 Å². The first-order valence-electron chi connectivity index (χ1n) is 4.85. The summed E-state index contributed by atoms with van der Waals surface area (Å²) in [5, 5.41) is 4.79. The molecule has 5 nitrogen and oxygen atoms in total. The lowest BCUT2D eigenvalue weighted by molar-refractivity contribution is -0.289. The number of primary sulfonamides is 1. The predicted molar refractivity (Wildman–Crippen MR) is 58.7 cm³/mol. The molecule has 1 rings (SSSR count). The van der Waals surface area contributed by atoms with Crippen LogP contribution in [0.3, 0.4) is 0 Å². The van der Waals surface area contributed by atoms with Crippen LogP contribution in [0.2, 0.25) is 0 Å². The van der Waals surface area contributed by atoms with Crippen LogP contribution in [-0.4, -0.2) is 27.1 Å². The molecule has 0 saturated heterocycles. The summed E-state index contributed by atoms with van der Waals surface area (Å²) in [4.78, 5) is -0.634. The van der Waals surface area contributed by atoms with Crippen molar-refractivity contribution in [2.45, 2.75) is 17.0 Å². The highest BCUT2D eigenvalue weighted by atomic mass is 32.2. The SMILES string of the molecule is Nc1c(OCC(F)(F)C(F)(F)F)cccc1S(N)(=O)=O. The van der Waals surface area contributed by atoms with Gasteiger partial charge in [-0.2, -0.15) is 22.0 Å². The molecule has 0 spiro atoms. The molecule has 0 bridgehead atoms. The first-order valence-corrected chi connectivity index (χ1v) is 6.39. The van der Waals surface area contributed by atoms with Gasteiger partial charge in [0.15, 0.2) is 6.61 Å². The van der Waals surface area contributed by atoms with E-state index >= 15 is 0 Å². The third kappa shape index (κ3) is 3.48.